The highest BCUT2D eigenvalue weighted by Gasteiger charge is 2.34. The number of likely N-dealkylation sites (tertiary alicyclic amines) is 1. The number of anilines is 1. The van der Waals surface area contributed by atoms with Crippen LogP contribution >= 0.6 is 0 Å². The minimum atomic E-state index is -0.496. The highest BCUT2D eigenvalue weighted by molar-refractivity contribution is 6.04. The van der Waals surface area contributed by atoms with E-state index in [0.29, 0.717) is 16.7 Å². The number of carbonyl (C=O) groups excluding carboxylic acids is 3. The number of rotatable bonds is 16. The van der Waals surface area contributed by atoms with Gasteiger partial charge in [-0.05, 0) is 100 Å². The molecule has 2 heterocycles. The summed E-state index contributed by atoms with van der Waals surface area (Å²) in [5.74, 6) is -0.717. The van der Waals surface area contributed by atoms with Crippen LogP contribution in [0.2, 0.25) is 0 Å². The Morgan fingerprint density at radius 2 is 1.61 bits per heavy atom. The average Bonchev–Trinajstić information content (AvgIpc) is 3.68. The maximum Gasteiger partial charge on any atom is 0.340 e. The van der Waals surface area contributed by atoms with Crippen LogP contribution in [0.4, 0.5) is 5.69 Å². The summed E-state index contributed by atoms with van der Waals surface area (Å²) in [4.78, 5) is 42.6. The van der Waals surface area contributed by atoms with Gasteiger partial charge >= 0.3 is 11.9 Å². The monoisotopic (exact) mass is 670 g/mol. The van der Waals surface area contributed by atoms with Crippen LogP contribution in [0.25, 0.3) is 0 Å². The highest BCUT2D eigenvalue weighted by atomic mass is 16.7. The van der Waals surface area contributed by atoms with Crippen molar-refractivity contribution >= 4 is 23.5 Å². The number of nitrogens with zero attached hydrogens (tertiary/aromatic N) is 2. The van der Waals surface area contributed by atoms with Crippen LogP contribution in [0, 0.1) is 18.3 Å². The number of piperidine rings is 1. The van der Waals surface area contributed by atoms with Gasteiger partial charge in [-0.15, -0.1) is 0 Å². The van der Waals surface area contributed by atoms with E-state index < -0.39 is 5.97 Å². The Kier molecular flexibility index (Phi) is 13.5. The van der Waals surface area contributed by atoms with E-state index in [-0.39, 0.29) is 30.6 Å². The van der Waals surface area contributed by atoms with Crippen LogP contribution in [0.3, 0.4) is 0 Å². The van der Waals surface area contributed by atoms with Gasteiger partial charge in [-0.3, -0.25) is 9.59 Å². The molecule has 1 amide bonds. The predicted octanol–water partition coefficient (Wildman–Crippen LogP) is 8.98. The number of carbonyl (C=O) groups is 3. The largest absolute Gasteiger partial charge is 0.459 e. The second-order valence-electron chi connectivity index (χ2n) is 14.3. The fourth-order valence-corrected chi connectivity index (χ4v) is 7.63. The molecule has 0 spiro atoms. The van der Waals surface area contributed by atoms with Crippen molar-refractivity contribution in [3.8, 4) is 0 Å². The lowest BCUT2D eigenvalue weighted by molar-refractivity contribution is -0.156. The van der Waals surface area contributed by atoms with E-state index in [1.807, 2.05) is 30.0 Å². The van der Waals surface area contributed by atoms with Crippen LogP contribution in [0.15, 0.2) is 77.4 Å². The van der Waals surface area contributed by atoms with Crippen molar-refractivity contribution in [2.75, 3.05) is 31.3 Å². The fourth-order valence-electron chi connectivity index (χ4n) is 7.63. The molecule has 0 radical (unpaired) electrons. The first-order chi connectivity index (χ1) is 23.8. The number of hydrogen-bond donors (Lipinski definition) is 0. The number of furan rings is 1. The molecule has 0 N–H and O–H groups in total. The van der Waals surface area contributed by atoms with Gasteiger partial charge in [-0.25, -0.2) is 4.79 Å². The zero-order valence-electron chi connectivity index (χ0n) is 29.4. The standard InChI is InChI=1S/C41H54N2O6/c1-32-17-19-35(20-18-32)43(38(44)37-16-12-30-47-37)36-21-27-42(28-22-36)29-26-41(24-10-5-11-25-41)23-9-4-6-13-33(2)39(45)48-31-49-40(46)34-14-7-3-8-15-34/h3,7-8,12,14-20,30,33,36H,4-6,9-11,13,21-29,31H2,1-2H3. The second-order valence-corrected chi connectivity index (χ2v) is 14.3. The lowest BCUT2D eigenvalue weighted by Gasteiger charge is -2.42. The zero-order valence-corrected chi connectivity index (χ0v) is 29.4. The van der Waals surface area contributed by atoms with Crippen LogP contribution in [0.5, 0.6) is 0 Å². The lowest BCUT2D eigenvalue weighted by atomic mass is 9.68. The Morgan fingerprint density at radius 1 is 0.878 bits per heavy atom. The quantitative estimate of drug-likeness (QED) is 0.0854. The first kappa shape index (κ1) is 36.4. The molecule has 2 aliphatic rings. The van der Waals surface area contributed by atoms with Gasteiger partial charge in [0.15, 0.2) is 5.76 Å². The van der Waals surface area contributed by atoms with Gasteiger partial charge in [-0.1, -0.05) is 81.3 Å². The summed E-state index contributed by atoms with van der Waals surface area (Å²) in [6.07, 6.45) is 16.6. The molecule has 3 aromatic rings. The number of aryl methyl sites for hydroxylation is 1. The minimum Gasteiger partial charge on any atom is -0.459 e. The molecule has 8 nitrogen and oxygen atoms in total. The van der Waals surface area contributed by atoms with Crippen molar-refractivity contribution < 1.29 is 28.3 Å². The summed E-state index contributed by atoms with van der Waals surface area (Å²) in [6.45, 7) is 6.70. The molecule has 1 aromatic heterocycles. The Bertz CT molecular complexity index is 1440. The number of ether oxygens (including phenoxy) is 2. The number of unbranched alkanes of at least 4 members (excludes halogenated alkanes) is 2. The number of esters is 2. The molecule has 1 unspecified atom stereocenters. The van der Waals surface area contributed by atoms with Crippen LogP contribution in [0.1, 0.15) is 117 Å². The van der Waals surface area contributed by atoms with Gasteiger partial charge in [0, 0.05) is 24.8 Å². The molecule has 49 heavy (non-hydrogen) atoms. The summed E-state index contributed by atoms with van der Waals surface area (Å²) in [7, 11) is 0. The van der Waals surface area contributed by atoms with E-state index in [1.54, 1.807) is 42.7 Å². The summed E-state index contributed by atoms with van der Waals surface area (Å²) in [5, 5.41) is 0. The molecule has 2 aromatic carbocycles. The minimum absolute atomic E-state index is 0.0657. The molecule has 1 aliphatic heterocycles. The molecule has 8 heteroatoms. The van der Waals surface area contributed by atoms with Crippen LogP contribution in [-0.2, 0) is 14.3 Å². The molecule has 1 aliphatic carbocycles. The predicted molar refractivity (Wildman–Crippen MR) is 191 cm³/mol. The van der Waals surface area contributed by atoms with Crippen molar-refractivity contribution in [1.29, 1.82) is 0 Å². The summed E-state index contributed by atoms with van der Waals surface area (Å²) >= 11 is 0. The summed E-state index contributed by atoms with van der Waals surface area (Å²) in [6, 6.07) is 20.6. The molecular weight excluding hydrogens is 616 g/mol. The Balaban J connectivity index is 1.03. The SMILES string of the molecule is Cc1ccc(N(C(=O)c2ccco2)C2CCN(CCC3(CCCCCC(C)C(=O)OCOC(=O)c4ccccc4)CCCCC3)CC2)cc1. The number of benzene rings is 2. The van der Waals surface area contributed by atoms with Crippen molar-refractivity contribution in [2.45, 2.75) is 103 Å². The van der Waals surface area contributed by atoms with Crippen molar-refractivity contribution in [1.82, 2.24) is 4.90 Å². The van der Waals surface area contributed by atoms with E-state index in [1.165, 1.54) is 56.9 Å². The third kappa shape index (κ3) is 10.5. The Morgan fingerprint density at radius 3 is 2.31 bits per heavy atom. The maximum absolute atomic E-state index is 13.6. The van der Waals surface area contributed by atoms with Gasteiger partial charge in [-0.2, -0.15) is 0 Å². The van der Waals surface area contributed by atoms with E-state index in [4.69, 9.17) is 13.9 Å². The van der Waals surface area contributed by atoms with Gasteiger partial charge in [0.25, 0.3) is 5.91 Å². The molecule has 1 saturated carbocycles. The number of amides is 1. The van der Waals surface area contributed by atoms with Gasteiger partial charge in [0.05, 0.1) is 17.7 Å². The number of hydrogen-bond acceptors (Lipinski definition) is 7. The molecule has 5 rings (SSSR count). The Hall–Kier alpha value is -3.91. The average molecular weight is 671 g/mol. The fraction of sp³-hybridized carbons (Fsp3) is 0.537. The van der Waals surface area contributed by atoms with Crippen LogP contribution in [-0.4, -0.2) is 55.2 Å². The van der Waals surface area contributed by atoms with Crippen molar-refractivity contribution in [2.24, 2.45) is 11.3 Å². The van der Waals surface area contributed by atoms with E-state index in [0.717, 1.165) is 57.4 Å². The highest BCUT2D eigenvalue weighted by Crippen LogP contribution is 2.44. The lowest BCUT2D eigenvalue weighted by Crippen LogP contribution is -2.48. The van der Waals surface area contributed by atoms with Gasteiger partial charge < -0.3 is 23.7 Å². The van der Waals surface area contributed by atoms with Gasteiger partial charge in [0.1, 0.15) is 0 Å². The molecule has 264 valence electrons. The third-order valence-corrected chi connectivity index (χ3v) is 10.7. The van der Waals surface area contributed by atoms with Crippen molar-refractivity contribution in [3.05, 3.63) is 89.9 Å². The molecular formula is C41H54N2O6. The van der Waals surface area contributed by atoms with Crippen LogP contribution < -0.4 is 4.90 Å². The molecule has 1 atom stereocenters. The van der Waals surface area contributed by atoms with E-state index in [2.05, 4.69) is 24.0 Å². The Labute approximate surface area is 292 Å². The first-order valence-electron chi connectivity index (χ1n) is 18.4. The summed E-state index contributed by atoms with van der Waals surface area (Å²) in [5.41, 5.74) is 2.95. The smallest absolute Gasteiger partial charge is 0.340 e. The normalized spacial score (nSPS) is 17.3. The topological polar surface area (TPSA) is 89.3 Å². The van der Waals surface area contributed by atoms with E-state index >= 15 is 0 Å². The van der Waals surface area contributed by atoms with E-state index in [9.17, 15) is 14.4 Å². The maximum atomic E-state index is 13.6. The zero-order chi connectivity index (χ0) is 34.5. The molecule has 1 saturated heterocycles. The molecule has 0 bridgehead atoms. The first-order valence-corrected chi connectivity index (χ1v) is 18.4. The van der Waals surface area contributed by atoms with Gasteiger partial charge in [0.2, 0.25) is 6.79 Å². The second kappa shape index (κ2) is 18.2. The van der Waals surface area contributed by atoms with Crippen molar-refractivity contribution in [3.63, 3.8) is 0 Å². The molecule has 2 fully saturated rings. The third-order valence-electron chi connectivity index (χ3n) is 10.7. The summed E-state index contributed by atoms with van der Waals surface area (Å²) < 4.78 is 15.8.